The standard InChI is InChI=1S/C16H20N2O2/c1-11-9-14(19-3)15(20-4)10-13(11)16(17-2)12-5-7-18-8-6-12/h5-10,16-17H,1-4H3. The smallest absolute Gasteiger partial charge is 0.161 e. The molecule has 0 aliphatic heterocycles. The predicted molar refractivity (Wildman–Crippen MR) is 79.4 cm³/mol. The largest absolute Gasteiger partial charge is 0.493 e. The molecule has 0 aliphatic rings. The van der Waals surface area contributed by atoms with Crippen LogP contribution in [0.2, 0.25) is 0 Å². The van der Waals surface area contributed by atoms with Crippen LogP contribution in [0.4, 0.5) is 0 Å². The van der Waals surface area contributed by atoms with Crippen molar-refractivity contribution in [2.75, 3.05) is 21.3 Å². The van der Waals surface area contributed by atoms with E-state index < -0.39 is 0 Å². The van der Waals surface area contributed by atoms with E-state index >= 15 is 0 Å². The Hall–Kier alpha value is -2.07. The van der Waals surface area contributed by atoms with Gasteiger partial charge in [-0.15, -0.1) is 0 Å². The van der Waals surface area contributed by atoms with Gasteiger partial charge in [-0.05, 0) is 54.9 Å². The van der Waals surface area contributed by atoms with Gasteiger partial charge in [-0.1, -0.05) is 0 Å². The summed E-state index contributed by atoms with van der Waals surface area (Å²) in [6.45, 7) is 2.07. The van der Waals surface area contributed by atoms with Gasteiger partial charge in [-0.2, -0.15) is 0 Å². The van der Waals surface area contributed by atoms with E-state index in [1.165, 1.54) is 0 Å². The van der Waals surface area contributed by atoms with Gasteiger partial charge in [-0.25, -0.2) is 0 Å². The number of rotatable bonds is 5. The van der Waals surface area contributed by atoms with Crippen molar-refractivity contribution in [1.82, 2.24) is 10.3 Å². The Morgan fingerprint density at radius 2 is 1.65 bits per heavy atom. The molecule has 106 valence electrons. The SMILES string of the molecule is CNC(c1ccncc1)c1cc(OC)c(OC)cc1C. The van der Waals surface area contributed by atoms with Crippen LogP contribution >= 0.6 is 0 Å². The summed E-state index contributed by atoms with van der Waals surface area (Å²) in [7, 11) is 5.24. The zero-order valence-corrected chi connectivity index (χ0v) is 12.3. The van der Waals surface area contributed by atoms with Crippen molar-refractivity contribution in [2.24, 2.45) is 0 Å². The first-order chi connectivity index (χ1) is 9.71. The number of methoxy groups -OCH3 is 2. The fraction of sp³-hybridized carbons (Fsp3) is 0.312. The zero-order valence-electron chi connectivity index (χ0n) is 12.3. The number of pyridine rings is 1. The summed E-state index contributed by atoms with van der Waals surface area (Å²) in [5, 5.41) is 3.34. The fourth-order valence-corrected chi connectivity index (χ4v) is 2.36. The van der Waals surface area contributed by atoms with Crippen LogP contribution in [0.1, 0.15) is 22.7 Å². The number of nitrogens with zero attached hydrogens (tertiary/aromatic N) is 1. The minimum absolute atomic E-state index is 0.0952. The third-order valence-corrected chi connectivity index (χ3v) is 3.41. The van der Waals surface area contributed by atoms with E-state index in [2.05, 4.69) is 17.2 Å². The van der Waals surface area contributed by atoms with Crippen molar-refractivity contribution in [3.8, 4) is 11.5 Å². The summed E-state index contributed by atoms with van der Waals surface area (Å²) < 4.78 is 10.7. The number of hydrogen-bond donors (Lipinski definition) is 1. The highest BCUT2D eigenvalue weighted by molar-refractivity contribution is 5.49. The van der Waals surface area contributed by atoms with Crippen LogP contribution in [-0.2, 0) is 0 Å². The van der Waals surface area contributed by atoms with Crippen LogP contribution in [0, 0.1) is 6.92 Å². The molecule has 1 atom stereocenters. The lowest BCUT2D eigenvalue weighted by Gasteiger charge is -2.21. The average molecular weight is 272 g/mol. The molecule has 0 saturated heterocycles. The summed E-state index contributed by atoms with van der Waals surface area (Å²) in [5.74, 6) is 1.49. The molecule has 0 saturated carbocycles. The second kappa shape index (κ2) is 6.39. The van der Waals surface area contributed by atoms with Gasteiger partial charge in [0.05, 0.1) is 20.3 Å². The molecule has 4 heteroatoms. The minimum Gasteiger partial charge on any atom is -0.493 e. The highest BCUT2D eigenvalue weighted by atomic mass is 16.5. The van der Waals surface area contributed by atoms with Crippen molar-refractivity contribution >= 4 is 0 Å². The van der Waals surface area contributed by atoms with Gasteiger partial charge in [-0.3, -0.25) is 4.98 Å². The molecule has 2 rings (SSSR count). The Kier molecular flexibility index (Phi) is 4.58. The summed E-state index contributed by atoms with van der Waals surface area (Å²) in [6.07, 6.45) is 3.60. The van der Waals surface area contributed by atoms with Gasteiger partial charge < -0.3 is 14.8 Å². The quantitative estimate of drug-likeness (QED) is 0.909. The maximum atomic E-state index is 5.40. The topological polar surface area (TPSA) is 43.4 Å². The number of ether oxygens (including phenoxy) is 2. The third kappa shape index (κ3) is 2.75. The molecular formula is C16H20N2O2. The molecule has 0 aliphatic carbocycles. The lowest BCUT2D eigenvalue weighted by Crippen LogP contribution is -2.19. The molecule has 2 aromatic rings. The number of aryl methyl sites for hydroxylation is 1. The molecule has 0 bridgehead atoms. The summed E-state index contributed by atoms with van der Waals surface area (Å²) in [5.41, 5.74) is 3.48. The van der Waals surface area contributed by atoms with Gasteiger partial charge in [0.25, 0.3) is 0 Å². The van der Waals surface area contributed by atoms with Crippen molar-refractivity contribution in [2.45, 2.75) is 13.0 Å². The molecule has 4 nitrogen and oxygen atoms in total. The monoisotopic (exact) mass is 272 g/mol. The van der Waals surface area contributed by atoms with Gasteiger partial charge in [0, 0.05) is 12.4 Å². The van der Waals surface area contributed by atoms with Crippen LogP contribution in [0.5, 0.6) is 11.5 Å². The first kappa shape index (κ1) is 14.3. The summed E-state index contributed by atoms with van der Waals surface area (Å²) >= 11 is 0. The molecule has 1 heterocycles. The molecule has 1 aromatic carbocycles. The highest BCUT2D eigenvalue weighted by Crippen LogP contribution is 2.34. The maximum Gasteiger partial charge on any atom is 0.161 e. The predicted octanol–water partition coefficient (Wildman–Crippen LogP) is 2.72. The second-order valence-corrected chi connectivity index (χ2v) is 4.57. The van der Waals surface area contributed by atoms with Crippen LogP contribution in [0.15, 0.2) is 36.7 Å². The first-order valence-electron chi connectivity index (χ1n) is 6.51. The Balaban J connectivity index is 2.50. The van der Waals surface area contributed by atoms with E-state index in [9.17, 15) is 0 Å². The fourth-order valence-electron chi connectivity index (χ4n) is 2.36. The lowest BCUT2D eigenvalue weighted by atomic mass is 9.95. The van der Waals surface area contributed by atoms with Crippen LogP contribution in [0.25, 0.3) is 0 Å². The minimum atomic E-state index is 0.0952. The van der Waals surface area contributed by atoms with Gasteiger partial charge in [0.15, 0.2) is 11.5 Å². The van der Waals surface area contributed by atoms with Gasteiger partial charge in [0.2, 0.25) is 0 Å². The average Bonchev–Trinajstić information content (AvgIpc) is 2.50. The van der Waals surface area contributed by atoms with Crippen molar-refractivity contribution < 1.29 is 9.47 Å². The molecular weight excluding hydrogens is 252 g/mol. The van der Waals surface area contributed by atoms with E-state index in [-0.39, 0.29) is 6.04 Å². The molecule has 20 heavy (non-hydrogen) atoms. The van der Waals surface area contributed by atoms with E-state index in [1.54, 1.807) is 26.6 Å². The van der Waals surface area contributed by atoms with Crippen LogP contribution in [-0.4, -0.2) is 26.3 Å². The number of nitrogens with one attached hydrogen (secondary N) is 1. The first-order valence-corrected chi connectivity index (χ1v) is 6.51. The number of benzene rings is 1. The second-order valence-electron chi connectivity index (χ2n) is 4.57. The molecule has 1 aromatic heterocycles. The van der Waals surface area contributed by atoms with Crippen molar-refractivity contribution in [3.05, 3.63) is 53.3 Å². The van der Waals surface area contributed by atoms with Crippen LogP contribution < -0.4 is 14.8 Å². The molecule has 0 radical (unpaired) electrons. The van der Waals surface area contributed by atoms with Crippen LogP contribution in [0.3, 0.4) is 0 Å². The molecule has 0 amide bonds. The summed E-state index contributed by atoms with van der Waals surface area (Å²) in [4.78, 5) is 4.07. The molecule has 0 spiro atoms. The normalized spacial score (nSPS) is 12.0. The Labute approximate surface area is 119 Å². The maximum absolute atomic E-state index is 5.40. The Morgan fingerprint density at radius 3 is 2.20 bits per heavy atom. The van der Waals surface area contributed by atoms with Gasteiger partial charge in [0.1, 0.15) is 0 Å². The highest BCUT2D eigenvalue weighted by Gasteiger charge is 2.17. The molecule has 0 fully saturated rings. The van der Waals surface area contributed by atoms with E-state index in [0.717, 1.165) is 28.2 Å². The number of aromatic nitrogens is 1. The van der Waals surface area contributed by atoms with Gasteiger partial charge >= 0.3 is 0 Å². The van der Waals surface area contributed by atoms with Crippen molar-refractivity contribution in [3.63, 3.8) is 0 Å². The van der Waals surface area contributed by atoms with Crippen molar-refractivity contribution in [1.29, 1.82) is 0 Å². The number of hydrogen-bond acceptors (Lipinski definition) is 4. The Morgan fingerprint density at radius 1 is 1.05 bits per heavy atom. The third-order valence-electron chi connectivity index (χ3n) is 3.41. The molecule has 1 unspecified atom stereocenters. The van der Waals surface area contributed by atoms with E-state index in [4.69, 9.17) is 9.47 Å². The van der Waals surface area contributed by atoms with E-state index in [1.807, 2.05) is 31.3 Å². The Bertz CT molecular complexity index is 570. The lowest BCUT2D eigenvalue weighted by molar-refractivity contribution is 0.354. The summed E-state index contributed by atoms with van der Waals surface area (Å²) in [6, 6.07) is 8.14. The van der Waals surface area contributed by atoms with E-state index in [0.29, 0.717) is 0 Å². The molecule has 1 N–H and O–H groups in total. The zero-order chi connectivity index (χ0) is 14.5.